The number of hydrogen-bond acceptors (Lipinski definition) is 9. The smallest absolute Gasteiger partial charge is 0.480 e. The molecule has 2 saturated heterocycles. The van der Waals surface area contributed by atoms with Gasteiger partial charge in [-0.25, -0.2) is 23.3 Å². The summed E-state index contributed by atoms with van der Waals surface area (Å²) in [7, 11) is 0. The molecule has 0 bridgehead atoms. The molecule has 12 nitrogen and oxygen atoms in total. The molecular formula is C24H25F3N6O6S2. The second-order valence-electron chi connectivity index (χ2n) is 9.55. The number of thiazole rings is 1. The summed E-state index contributed by atoms with van der Waals surface area (Å²) in [5.74, 6) is -2.92. The first-order valence-electron chi connectivity index (χ1n) is 12.5. The number of alkyl halides is 3. The van der Waals surface area contributed by atoms with Gasteiger partial charge in [0.1, 0.15) is 28.7 Å². The molecule has 1 unspecified atom stereocenters. The van der Waals surface area contributed by atoms with Crippen LogP contribution in [0.3, 0.4) is 0 Å². The summed E-state index contributed by atoms with van der Waals surface area (Å²) in [6.45, 7) is 1.49. The van der Waals surface area contributed by atoms with Crippen LogP contribution in [0, 0.1) is 0 Å². The van der Waals surface area contributed by atoms with E-state index in [1.54, 1.807) is 0 Å². The van der Waals surface area contributed by atoms with Crippen LogP contribution in [-0.2, 0) is 27.3 Å². The normalized spacial score (nSPS) is 19.1. The zero-order chi connectivity index (χ0) is 29.5. The van der Waals surface area contributed by atoms with Gasteiger partial charge in [-0.15, -0.1) is 13.2 Å². The fraction of sp³-hybridized carbons (Fsp3) is 0.417. The van der Waals surface area contributed by atoms with Crippen LogP contribution in [0.25, 0.3) is 10.8 Å². The third-order valence-corrected chi connectivity index (χ3v) is 8.98. The summed E-state index contributed by atoms with van der Waals surface area (Å²) >= 11 is -1.49. The minimum atomic E-state index is -5.08. The number of fused-ring (bicyclic) bond motifs is 1. The van der Waals surface area contributed by atoms with Crippen LogP contribution in [-0.4, -0.2) is 78.7 Å². The predicted octanol–water partition coefficient (Wildman–Crippen LogP) is 3.01. The van der Waals surface area contributed by atoms with Crippen molar-refractivity contribution < 1.29 is 41.4 Å². The maximum absolute atomic E-state index is 13.5. The van der Waals surface area contributed by atoms with E-state index in [4.69, 9.17) is 5.73 Å². The zero-order valence-electron chi connectivity index (χ0n) is 21.3. The number of nitrogens with two attached hydrogens (primary N) is 1. The molecule has 1 aromatic carbocycles. The third-order valence-electron chi connectivity index (χ3n) is 7.01. The summed E-state index contributed by atoms with van der Waals surface area (Å²) < 4.78 is 67.4. The number of hydrogen-bond donors (Lipinski definition) is 3. The molecule has 0 aliphatic carbocycles. The number of pyridine rings is 1. The first kappa shape index (κ1) is 28.8. The summed E-state index contributed by atoms with van der Waals surface area (Å²) in [5.41, 5.74) is 5.69. The van der Waals surface area contributed by atoms with Gasteiger partial charge in [-0.05, 0) is 48.4 Å². The van der Waals surface area contributed by atoms with Gasteiger partial charge in [-0.1, -0.05) is 11.3 Å². The Labute approximate surface area is 237 Å². The second kappa shape index (κ2) is 11.3. The Kier molecular flexibility index (Phi) is 7.93. The van der Waals surface area contributed by atoms with Crippen molar-refractivity contribution in [1.82, 2.24) is 14.9 Å². The van der Waals surface area contributed by atoms with Crippen molar-refractivity contribution in [1.29, 1.82) is 0 Å². The number of carboxylic acids is 1. The van der Waals surface area contributed by atoms with Crippen LogP contribution < -0.4 is 19.7 Å². The van der Waals surface area contributed by atoms with E-state index in [0.717, 1.165) is 52.5 Å². The van der Waals surface area contributed by atoms with Crippen LogP contribution >= 0.6 is 11.3 Å². The molecule has 0 saturated carbocycles. The van der Waals surface area contributed by atoms with E-state index in [-0.39, 0.29) is 34.7 Å². The van der Waals surface area contributed by atoms with Crippen molar-refractivity contribution in [2.24, 2.45) is 0 Å². The fourth-order valence-corrected chi connectivity index (χ4v) is 7.00. The van der Waals surface area contributed by atoms with Crippen molar-refractivity contribution in [2.75, 3.05) is 34.6 Å². The number of aromatic nitrogens is 2. The number of likely N-dealkylation sites (tertiary alicyclic amines) is 1. The first-order chi connectivity index (χ1) is 19.4. The quantitative estimate of drug-likeness (QED) is 0.306. The summed E-state index contributed by atoms with van der Waals surface area (Å²) in [6, 6.07) is 1.08. The number of benzene rings is 1. The van der Waals surface area contributed by atoms with E-state index >= 15 is 0 Å². The van der Waals surface area contributed by atoms with E-state index in [1.807, 2.05) is 4.90 Å². The topological polar surface area (TPSA) is 162 Å². The first-order valence-corrected chi connectivity index (χ1v) is 14.4. The van der Waals surface area contributed by atoms with Gasteiger partial charge < -0.3 is 25.4 Å². The highest BCUT2D eigenvalue weighted by Crippen LogP contribution is 2.37. The number of nitrogens with zero attached hydrogens (tertiary/aromatic N) is 5. The lowest BCUT2D eigenvalue weighted by molar-refractivity contribution is -0.274. The monoisotopic (exact) mass is 614 g/mol. The number of ether oxygens (including phenoxy) is 1. The Morgan fingerprint density at radius 2 is 2.00 bits per heavy atom. The van der Waals surface area contributed by atoms with E-state index in [9.17, 15) is 36.6 Å². The van der Waals surface area contributed by atoms with Crippen molar-refractivity contribution in [3.8, 4) is 5.75 Å². The summed E-state index contributed by atoms with van der Waals surface area (Å²) in [4.78, 5) is 37.1. The molecule has 0 spiro atoms. The van der Waals surface area contributed by atoms with Crippen molar-refractivity contribution in [3.05, 3.63) is 36.2 Å². The van der Waals surface area contributed by atoms with Gasteiger partial charge in [0.15, 0.2) is 5.13 Å². The molecular weight excluding hydrogens is 589 g/mol. The molecule has 2 fully saturated rings. The standard InChI is InChI=1S/C24H25F3N6O6S2/c25-24(26,27)39-18-11-15-13(3-5-29-20(15)28)9-14(18)10-17(22(35)36)32-8-4-16(21(32)34)33(41(37)38)19-12-30-23(40-19)31-6-1-2-7-31/h3,5,9,11-12,16-17H,1-2,4,6-8,10H2,(H2,28,29)(H,35,36)(H,37,38)/t16-,17+/m0/s1. The van der Waals surface area contributed by atoms with Gasteiger partial charge in [0.2, 0.25) is 5.91 Å². The Balaban J connectivity index is 1.43. The van der Waals surface area contributed by atoms with Gasteiger partial charge in [-0.3, -0.25) is 9.35 Å². The second-order valence-corrected chi connectivity index (χ2v) is 11.4. The maximum atomic E-state index is 13.5. The molecule has 220 valence electrons. The van der Waals surface area contributed by atoms with Gasteiger partial charge in [-0.2, -0.15) is 0 Å². The Morgan fingerprint density at radius 3 is 2.66 bits per heavy atom. The number of nitrogen functional groups attached to an aromatic ring is 1. The Hall–Kier alpha value is -3.70. The molecule has 2 aromatic heterocycles. The van der Waals surface area contributed by atoms with E-state index in [1.165, 1.54) is 24.5 Å². The van der Waals surface area contributed by atoms with Gasteiger partial charge in [0.25, 0.3) is 11.3 Å². The number of aliphatic carboxylic acids is 1. The van der Waals surface area contributed by atoms with E-state index in [2.05, 4.69) is 14.7 Å². The van der Waals surface area contributed by atoms with Crippen LogP contribution in [0.15, 0.2) is 30.6 Å². The molecule has 41 heavy (non-hydrogen) atoms. The molecule has 17 heteroatoms. The SMILES string of the molecule is Nc1nccc2cc(C[C@H](C(=O)O)N3CC[C@H](N(c4cnc(N5CCCC5)s4)S(=O)O)C3=O)c(OC(F)(F)F)cc12. The number of carboxylic acid groups (broad SMARTS) is 1. The lowest BCUT2D eigenvalue weighted by Crippen LogP contribution is -2.48. The molecule has 3 aromatic rings. The molecule has 2 aliphatic heterocycles. The summed E-state index contributed by atoms with van der Waals surface area (Å²) in [5, 5.41) is 11.5. The molecule has 4 N–H and O–H groups in total. The maximum Gasteiger partial charge on any atom is 0.573 e. The average molecular weight is 615 g/mol. The van der Waals surface area contributed by atoms with Crippen LogP contribution in [0.1, 0.15) is 24.8 Å². The molecule has 1 amide bonds. The number of rotatable bonds is 9. The van der Waals surface area contributed by atoms with E-state index in [0.29, 0.717) is 10.5 Å². The molecule has 3 atom stereocenters. The number of amides is 1. The van der Waals surface area contributed by atoms with Crippen LogP contribution in [0.5, 0.6) is 5.75 Å². The molecule has 4 heterocycles. The number of halogens is 3. The minimum absolute atomic E-state index is 0.0116. The zero-order valence-corrected chi connectivity index (χ0v) is 22.9. The van der Waals surface area contributed by atoms with Crippen molar-refractivity contribution in [3.63, 3.8) is 0 Å². The highest BCUT2D eigenvalue weighted by molar-refractivity contribution is 7.81. The lowest BCUT2D eigenvalue weighted by Gasteiger charge is -2.28. The number of carbonyl (C=O) groups excluding carboxylic acids is 1. The van der Waals surface area contributed by atoms with Gasteiger partial charge >= 0.3 is 12.3 Å². The van der Waals surface area contributed by atoms with Crippen LogP contribution in [0.4, 0.5) is 29.1 Å². The lowest BCUT2D eigenvalue weighted by atomic mass is 10.00. The highest BCUT2D eigenvalue weighted by Gasteiger charge is 2.44. The predicted molar refractivity (Wildman–Crippen MR) is 145 cm³/mol. The minimum Gasteiger partial charge on any atom is -0.480 e. The van der Waals surface area contributed by atoms with E-state index < -0.39 is 53.8 Å². The molecule has 0 radical (unpaired) electrons. The average Bonchev–Trinajstić information content (AvgIpc) is 3.65. The Bertz CT molecular complexity index is 1500. The third kappa shape index (κ3) is 6.01. The van der Waals surface area contributed by atoms with Gasteiger partial charge in [0.05, 0.1) is 6.20 Å². The van der Waals surface area contributed by atoms with Crippen LogP contribution in [0.2, 0.25) is 0 Å². The van der Waals surface area contributed by atoms with Crippen molar-refractivity contribution >= 4 is 61.2 Å². The number of anilines is 3. The highest BCUT2D eigenvalue weighted by atomic mass is 32.2. The number of carbonyl (C=O) groups is 2. The molecule has 2 aliphatic rings. The Morgan fingerprint density at radius 1 is 1.27 bits per heavy atom. The van der Waals surface area contributed by atoms with Gasteiger partial charge in [0, 0.05) is 37.6 Å². The summed E-state index contributed by atoms with van der Waals surface area (Å²) in [6.07, 6.45) is -0.860. The largest absolute Gasteiger partial charge is 0.573 e. The molecule has 5 rings (SSSR count). The fourth-order valence-electron chi connectivity index (χ4n) is 5.16. The van der Waals surface area contributed by atoms with Crippen molar-refractivity contribution in [2.45, 2.75) is 44.1 Å².